The molecule has 138 valence electrons. The summed E-state index contributed by atoms with van der Waals surface area (Å²) in [5, 5.41) is 14.3. The van der Waals surface area contributed by atoms with Crippen LogP contribution in [0.5, 0.6) is 0 Å². The normalized spacial score (nSPS) is 12.4. The van der Waals surface area contributed by atoms with E-state index in [0.717, 1.165) is 21.5 Å². The molecule has 0 saturated heterocycles. The number of hydrogen-bond donors (Lipinski definition) is 1. The Kier molecular flexibility index (Phi) is 5.00. The number of thioether (sulfide) groups is 1. The molecule has 3 heterocycles. The number of fused-ring (bicyclic) bond motifs is 1. The zero-order valence-corrected chi connectivity index (χ0v) is 16.5. The van der Waals surface area contributed by atoms with E-state index in [4.69, 9.17) is 4.42 Å². The Hall–Kier alpha value is -2.58. The van der Waals surface area contributed by atoms with E-state index in [9.17, 15) is 4.79 Å². The van der Waals surface area contributed by atoms with E-state index in [1.54, 1.807) is 11.3 Å². The van der Waals surface area contributed by atoms with Crippen LogP contribution < -0.4 is 5.32 Å². The highest BCUT2D eigenvalue weighted by Gasteiger charge is 2.20. The van der Waals surface area contributed by atoms with Gasteiger partial charge >= 0.3 is 0 Å². The van der Waals surface area contributed by atoms with Gasteiger partial charge in [0.2, 0.25) is 5.91 Å². The molecule has 0 spiro atoms. The van der Waals surface area contributed by atoms with Crippen LogP contribution in [-0.2, 0) is 18.4 Å². The van der Waals surface area contributed by atoms with Gasteiger partial charge in [-0.05, 0) is 30.5 Å². The molecule has 1 atom stereocenters. The van der Waals surface area contributed by atoms with Crippen molar-refractivity contribution < 1.29 is 9.21 Å². The van der Waals surface area contributed by atoms with Gasteiger partial charge in [-0.25, -0.2) is 0 Å². The van der Waals surface area contributed by atoms with Gasteiger partial charge in [-0.15, -0.1) is 21.5 Å². The van der Waals surface area contributed by atoms with Gasteiger partial charge in [-0.1, -0.05) is 36.0 Å². The van der Waals surface area contributed by atoms with Gasteiger partial charge in [-0.2, -0.15) is 0 Å². The predicted octanol–water partition coefficient (Wildman–Crippen LogP) is 4.09. The Labute approximate surface area is 164 Å². The number of rotatable bonds is 6. The number of nitrogens with zero attached hydrogens (tertiary/aromatic N) is 3. The fourth-order valence-electron chi connectivity index (χ4n) is 2.79. The van der Waals surface area contributed by atoms with E-state index in [1.807, 2.05) is 66.4 Å². The van der Waals surface area contributed by atoms with Gasteiger partial charge in [0.05, 0.1) is 11.8 Å². The van der Waals surface area contributed by atoms with Gasteiger partial charge < -0.3 is 14.3 Å². The number of amides is 1. The quantitative estimate of drug-likeness (QED) is 0.495. The van der Waals surface area contributed by atoms with Crippen LogP contribution in [0.2, 0.25) is 0 Å². The second-order valence-electron chi connectivity index (χ2n) is 6.08. The van der Waals surface area contributed by atoms with Gasteiger partial charge in [-0.3, -0.25) is 4.79 Å². The average molecular weight is 399 g/mol. The van der Waals surface area contributed by atoms with Gasteiger partial charge in [0, 0.05) is 22.8 Å². The van der Waals surface area contributed by atoms with Gasteiger partial charge in [0.15, 0.2) is 0 Å². The number of benzene rings is 1. The third-order valence-corrected chi connectivity index (χ3v) is 6.05. The Balaban J connectivity index is 1.44. The summed E-state index contributed by atoms with van der Waals surface area (Å²) in [4.78, 5) is 13.4. The molecule has 6 nitrogen and oxygen atoms in total. The van der Waals surface area contributed by atoms with E-state index in [-0.39, 0.29) is 11.2 Å². The Bertz CT molecular complexity index is 1070. The number of thiophene rings is 1. The van der Waals surface area contributed by atoms with E-state index in [2.05, 4.69) is 15.5 Å². The number of aromatic nitrogens is 3. The molecule has 1 unspecified atom stereocenters. The minimum atomic E-state index is -0.328. The monoisotopic (exact) mass is 398 g/mol. The fraction of sp³-hybridized carbons (Fsp3) is 0.211. The van der Waals surface area contributed by atoms with Gasteiger partial charge in [0.1, 0.15) is 5.69 Å². The highest BCUT2D eigenvalue weighted by atomic mass is 32.2. The van der Waals surface area contributed by atoms with Crippen molar-refractivity contribution in [2.24, 2.45) is 7.05 Å². The lowest BCUT2D eigenvalue weighted by Crippen LogP contribution is -2.30. The smallest absolute Gasteiger partial charge is 0.277 e. The molecule has 0 bridgehead atoms. The Morgan fingerprint density at radius 3 is 2.93 bits per heavy atom. The third-order valence-electron chi connectivity index (χ3n) is 4.24. The second-order valence-corrected chi connectivity index (χ2v) is 8.40. The maximum absolute atomic E-state index is 12.3. The number of carbonyl (C=O) groups excluding carboxylic acids is 1. The lowest BCUT2D eigenvalue weighted by Gasteiger charge is -2.08. The summed E-state index contributed by atoms with van der Waals surface area (Å²) in [6.45, 7) is 2.36. The van der Waals surface area contributed by atoms with Gasteiger partial charge in [0.25, 0.3) is 11.1 Å². The molecule has 1 aromatic carbocycles. The van der Waals surface area contributed by atoms with Crippen molar-refractivity contribution in [3.05, 3.63) is 52.7 Å². The summed E-state index contributed by atoms with van der Waals surface area (Å²) in [5.41, 5.74) is 1.95. The van der Waals surface area contributed by atoms with Crippen molar-refractivity contribution >= 4 is 39.9 Å². The molecule has 0 aliphatic carbocycles. The Morgan fingerprint density at radius 2 is 2.15 bits per heavy atom. The first-order chi connectivity index (χ1) is 13.1. The maximum atomic E-state index is 12.3. The fourth-order valence-corrected chi connectivity index (χ4v) is 4.14. The molecule has 3 aromatic heterocycles. The minimum Gasteiger partial charge on any atom is -0.410 e. The zero-order valence-electron chi connectivity index (χ0n) is 14.9. The van der Waals surface area contributed by atoms with Crippen LogP contribution in [0.15, 0.2) is 57.5 Å². The molecule has 0 aliphatic rings. The number of carbonyl (C=O) groups is 1. The molecule has 8 heteroatoms. The second kappa shape index (κ2) is 7.58. The first-order valence-electron chi connectivity index (χ1n) is 8.47. The molecule has 4 rings (SSSR count). The molecule has 4 aromatic rings. The summed E-state index contributed by atoms with van der Waals surface area (Å²) in [7, 11) is 1.97. The zero-order chi connectivity index (χ0) is 18.8. The van der Waals surface area contributed by atoms with Crippen LogP contribution in [0, 0.1) is 0 Å². The minimum absolute atomic E-state index is 0.0576. The van der Waals surface area contributed by atoms with Crippen LogP contribution in [0.4, 0.5) is 0 Å². The number of aryl methyl sites for hydroxylation is 1. The summed E-state index contributed by atoms with van der Waals surface area (Å²) in [5.74, 6) is 0.389. The number of hydrogen-bond acceptors (Lipinski definition) is 6. The molecule has 0 saturated carbocycles. The van der Waals surface area contributed by atoms with Crippen molar-refractivity contribution in [2.75, 3.05) is 0 Å². The maximum Gasteiger partial charge on any atom is 0.277 e. The predicted molar refractivity (Wildman–Crippen MR) is 108 cm³/mol. The van der Waals surface area contributed by atoms with E-state index < -0.39 is 0 Å². The van der Waals surface area contributed by atoms with Crippen molar-refractivity contribution in [1.29, 1.82) is 0 Å². The number of nitrogens with one attached hydrogen (secondary N) is 1. The molecule has 1 N–H and O–H groups in total. The van der Waals surface area contributed by atoms with Crippen LogP contribution in [0.1, 0.15) is 11.8 Å². The van der Waals surface area contributed by atoms with Crippen molar-refractivity contribution in [1.82, 2.24) is 20.1 Å². The average Bonchev–Trinajstić information content (AvgIpc) is 3.41. The van der Waals surface area contributed by atoms with E-state index >= 15 is 0 Å². The van der Waals surface area contributed by atoms with Crippen LogP contribution in [0.3, 0.4) is 0 Å². The van der Waals surface area contributed by atoms with E-state index in [1.165, 1.54) is 11.8 Å². The third kappa shape index (κ3) is 3.77. The molecule has 1 amide bonds. The lowest BCUT2D eigenvalue weighted by molar-refractivity contribution is -0.120. The van der Waals surface area contributed by atoms with Crippen molar-refractivity contribution in [2.45, 2.75) is 23.9 Å². The largest absolute Gasteiger partial charge is 0.410 e. The topological polar surface area (TPSA) is 73.0 Å². The van der Waals surface area contributed by atoms with Crippen LogP contribution >= 0.6 is 23.1 Å². The molecule has 0 fully saturated rings. The van der Waals surface area contributed by atoms with Crippen molar-refractivity contribution in [3.8, 4) is 11.6 Å². The Morgan fingerprint density at radius 1 is 1.30 bits per heavy atom. The molecule has 27 heavy (non-hydrogen) atoms. The first kappa shape index (κ1) is 17.8. The standard InChI is InChI=1S/C19H18N4O2S2/c1-12(17(24)20-11-14-7-5-9-26-14)27-19-22-21-18(25-19)16-10-13-6-3-4-8-15(13)23(16)2/h3-10,12H,11H2,1-2H3,(H,20,24). The highest BCUT2D eigenvalue weighted by molar-refractivity contribution is 8.00. The van der Waals surface area contributed by atoms with Crippen LogP contribution in [-0.4, -0.2) is 25.9 Å². The lowest BCUT2D eigenvalue weighted by atomic mass is 10.2. The SMILES string of the molecule is CC(Sc1nnc(-c2cc3ccccc3n2C)o1)C(=O)NCc1cccs1. The summed E-state index contributed by atoms with van der Waals surface area (Å²) >= 11 is 2.88. The number of para-hydroxylation sites is 1. The molecular weight excluding hydrogens is 380 g/mol. The van der Waals surface area contributed by atoms with E-state index in [0.29, 0.717) is 17.7 Å². The summed E-state index contributed by atoms with van der Waals surface area (Å²) in [6, 6.07) is 14.1. The molecular formula is C19H18N4O2S2. The van der Waals surface area contributed by atoms with Crippen LogP contribution in [0.25, 0.3) is 22.5 Å². The molecule has 0 aliphatic heterocycles. The first-order valence-corrected chi connectivity index (χ1v) is 10.2. The summed E-state index contributed by atoms with van der Waals surface area (Å²) in [6.07, 6.45) is 0. The highest BCUT2D eigenvalue weighted by Crippen LogP contribution is 2.29. The summed E-state index contributed by atoms with van der Waals surface area (Å²) < 4.78 is 7.82. The molecule has 0 radical (unpaired) electrons. The van der Waals surface area contributed by atoms with Crippen molar-refractivity contribution in [3.63, 3.8) is 0 Å².